The zero-order valence-electron chi connectivity index (χ0n) is 15.2. The highest BCUT2D eigenvalue weighted by Gasteiger charge is 2.22. The maximum Gasteiger partial charge on any atom is 0.260 e. The van der Waals surface area contributed by atoms with E-state index in [0.717, 1.165) is 21.5 Å². The Bertz CT molecular complexity index is 1070. The molecule has 2 aromatic carbocycles. The molecule has 5 heteroatoms. The van der Waals surface area contributed by atoms with E-state index in [0.29, 0.717) is 17.2 Å². The summed E-state index contributed by atoms with van der Waals surface area (Å²) in [7, 11) is 0. The summed E-state index contributed by atoms with van der Waals surface area (Å²) in [6.45, 7) is 4.45. The molecule has 2 heterocycles. The molecule has 134 valence electrons. The first-order valence-electron chi connectivity index (χ1n) is 8.76. The molecule has 4 nitrogen and oxygen atoms in total. The number of para-hydroxylation sites is 1. The normalized spacial score (nSPS) is 10.9. The number of nitrogens with zero attached hydrogens (tertiary/aromatic N) is 3. The molecule has 0 saturated heterocycles. The number of carbonyl (C=O) groups excluding carboxylic acids is 1. The Morgan fingerprint density at radius 2 is 1.81 bits per heavy atom. The fraction of sp³-hybridized carbons (Fsp3) is 0.136. The fourth-order valence-electron chi connectivity index (χ4n) is 2.89. The van der Waals surface area contributed by atoms with E-state index < -0.39 is 0 Å². The first-order valence-corrected chi connectivity index (χ1v) is 9.58. The molecule has 2 aromatic heterocycles. The van der Waals surface area contributed by atoms with Crippen molar-refractivity contribution in [3.05, 3.63) is 89.2 Å². The summed E-state index contributed by atoms with van der Waals surface area (Å²) in [4.78, 5) is 24.2. The number of carbonyl (C=O) groups is 1. The standard InChI is InChI=1S/C22H19N3OS/c1-15-10-11-17(13-16(15)2)21(26)25(14-18-7-5-6-12-23-18)22-24-19-8-3-4-9-20(19)27-22/h3-13H,14H2,1-2H3. The van der Waals surface area contributed by atoms with Crippen LogP contribution in [-0.4, -0.2) is 15.9 Å². The van der Waals surface area contributed by atoms with E-state index in [9.17, 15) is 4.79 Å². The first kappa shape index (κ1) is 17.4. The largest absolute Gasteiger partial charge is 0.278 e. The Morgan fingerprint density at radius 1 is 1.00 bits per heavy atom. The van der Waals surface area contributed by atoms with E-state index in [1.54, 1.807) is 11.1 Å². The number of hydrogen-bond acceptors (Lipinski definition) is 4. The van der Waals surface area contributed by atoms with Gasteiger partial charge in [0, 0.05) is 11.8 Å². The van der Waals surface area contributed by atoms with Crippen LogP contribution >= 0.6 is 11.3 Å². The zero-order valence-corrected chi connectivity index (χ0v) is 16.0. The molecule has 0 spiro atoms. The molecular weight excluding hydrogens is 354 g/mol. The van der Waals surface area contributed by atoms with Gasteiger partial charge in [-0.05, 0) is 61.4 Å². The van der Waals surface area contributed by atoms with Gasteiger partial charge in [0.2, 0.25) is 0 Å². The maximum absolute atomic E-state index is 13.4. The Labute approximate surface area is 162 Å². The van der Waals surface area contributed by atoms with Crippen LogP contribution in [0.15, 0.2) is 66.9 Å². The number of aryl methyl sites for hydroxylation is 2. The lowest BCUT2D eigenvalue weighted by molar-refractivity contribution is 0.0984. The highest BCUT2D eigenvalue weighted by Crippen LogP contribution is 2.30. The van der Waals surface area contributed by atoms with Crippen LogP contribution in [0.25, 0.3) is 10.2 Å². The Morgan fingerprint density at radius 3 is 2.56 bits per heavy atom. The summed E-state index contributed by atoms with van der Waals surface area (Å²) >= 11 is 1.52. The highest BCUT2D eigenvalue weighted by molar-refractivity contribution is 7.22. The monoisotopic (exact) mass is 373 g/mol. The second-order valence-electron chi connectivity index (χ2n) is 6.48. The van der Waals surface area contributed by atoms with E-state index >= 15 is 0 Å². The van der Waals surface area contributed by atoms with Gasteiger partial charge < -0.3 is 0 Å². The minimum atomic E-state index is -0.0668. The second kappa shape index (κ2) is 7.29. The second-order valence-corrected chi connectivity index (χ2v) is 7.48. The van der Waals surface area contributed by atoms with Crippen LogP contribution in [0, 0.1) is 13.8 Å². The van der Waals surface area contributed by atoms with Crippen LogP contribution in [0.5, 0.6) is 0 Å². The number of anilines is 1. The quantitative estimate of drug-likeness (QED) is 0.497. The van der Waals surface area contributed by atoms with Gasteiger partial charge in [0.15, 0.2) is 5.13 Å². The number of fused-ring (bicyclic) bond motifs is 1. The van der Waals surface area contributed by atoms with Crippen molar-refractivity contribution in [1.82, 2.24) is 9.97 Å². The number of pyridine rings is 1. The molecule has 27 heavy (non-hydrogen) atoms. The molecule has 0 N–H and O–H groups in total. The predicted octanol–water partition coefficient (Wildman–Crippen LogP) is 5.16. The van der Waals surface area contributed by atoms with Gasteiger partial charge in [0.1, 0.15) is 0 Å². The van der Waals surface area contributed by atoms with E-state index in [2.05, 4.69) is 4.98 Å². The van der Waals surface area contributed by atoms with Crippen LogP contribution in [0.3, 0.4) is 0 Å². The van der Waals surface area contributed by atoms with Gasteiger partial charge in [-0.2, -0.15) is 0 Å². The van der Waals surface area contributed by atoms with Gasteiger partial charge in [-0.25, -0.2) is 4.98 Å². The fourth-order valence-corrected chi connectivity index (χ4v) is 3.85. The van der Waals surface area contributed by atoms with Crippen LogP contribution < -0.4 is 4.90 Å². The number of benzene rings is 2. The zero-order chi connectivity index (χ0) is 18.8. The molecule has 1 amide bonds. The number of amides is 1. The van der Waals surface area contributed by atoms with Crippen LogP contribution in [0.2, 0.25) is 0 Å². The maximum atomic E-state index is 13.4. The van der Waals surface area contributed by atoms with Crippen LogP contribution in [-0.2, 0) is 6.54 Å². The van der Waals surface area contributed by atoms with Crippen molar-refractivity contribution in [2.45, 2.75) is 20.4 Å². The molecule has 0 atom stereocenters. The van der Waals surface area contributed by atoms with Gasteiger partial charge >= 0.3 is 0 Å². The van der Waals surface area contributed by atoms with Crippen LogP contribution in [0.4, 0.5) is 5.13 Å². The average molecular weight is 373 g/mol. The lowest BCUT2D eigenvalue weighted by Gasteiger charge is -2.20. The molecule has 0 saturated carbocycles. The number of aromatic nitrogens is 2. The van der Waals surface area contributed by atoms with Gasteiger partial charge in [0.05, 0.1) is 22.5 Å². The third-order valence-electron chi connectivity index (χ3n) is 4.56. The summed E-state index contributed by atoms with van der Waals surface area (Å²) in [5.74, 6) is -0.0668. The Balaban J connectivity index is 1.77. The molecule has 0 aliphatic heterocycles. The minimum absolute atomic E-state index is 0.0668. The van der Waals surface area contributed by atoms with E-state index in [-0.39, 0.29) is 5.91 Å². The van der Waals surface area contributed by atoms with Crippen molar-refractivity contribution in [3.63, 3.8) is 0 Å². The molecule has 0 unspecified atom stereocenters. The smallest absolute Gasteiger partial charge is 0.260 e. The van der Waals surface area contributed by atoms with Crippen molar-refractivity contribution < 1.29 is 4.79 Å². The molecule has 0 fully saturated rings. The predicted molar refractivity (Wildman–Crippen MR) is 110 cm³/mol. The third-order valence-corrected chi connectivity index (χ3v) is 5.62. The van der Waals surface area contributed by atoms with Crippen molar-refractivity contribution >= 4 is 32.6 Å². The molecule has 4 rings (SSSR count). The molecule has 0 aliphatic carbocycles. The van der Waals surface area contributed by atoms with Crippen molar-refractivity contribution in [1.29, 1.82) is 0 Å². The highest BCUT2D eigenvalue weighted by atomic mass is 32.1. The SMILES string of the molecule is Cc1ccc(C(=O)N(Cc2ccccn2)c2nc3ccccc3s2)cc1C. The molecule has 0 bridgehead atoms. The topological polar surface area (TPSA) is 46.1 Å². The number of thiazole rings is 1. The van der Waals surface area contributed by atoms with Gasteiger partial charge in [0.25, 0.3) is 5.91 Å². The van der Waals surface area contributed by atoms with Crippen molar-refractivity contribution in [2.75, 3.05) is 4.90 Å². The van der Waals surface area contributed by atoms with E-state index in [1.165, 1.54) is 16.9 Å². The van der Waals surface area contributed by atoms with Gasteiger partial charge in [-0.1, -0.05) is 35.6 Å². The summed E-state index contributed by atoms with van der Waals surface area (Å²) in [6, 6.07) is 19.5. The molecule has 0 aliphatic rings. The first-order chi connectivity index (χ1) is 13.1. The minimum Gasteiger partial charge on any atom is -0.278 e. The summed E-state index contributed by atoms with van der Waals surface area (Å²) in [5.41, 5.74) is 4.66. The molecule has 4 aromatic rings. The summed E-state index contributed by atoms with van der Waals surface area (Å²) < 4.78 is 1.06. The number of hydrogen-bond donors (Lipinski definition) is 0. The van der Waals surface area contributed by atoms with E-state index in [1.807, 2.05) is 74.5 Å². The Hall–Kier alpha value is -3.05. The van der Waals surface area contributed by atoms with Crippen LogP contribution in [0.1, 0.15) is 27.2 Å². The van der Waals surface area contributed by atoms with Gasteiger partial charge in [-0.15, -0.1) is 0 Å². The van der Waals surface area contributed by atoms with Crippen molar-refractivity contribution in [3.8, 4) is 0 Å². The lowest BCUT2D eigenvalue weighted by Crippen LogP contribution is -2.30. The Kier molecular flexibility index (Phi) is 4.69. The third kappa shape index (κ3) is 3.59. The summed E-state index contributed by atoms with van der Waals surface area (Å²) in [5, 5.41) is 0.685. The summed E-state index contributed by atoms with van der Waals surface area (Å²) in [6.07, 6.45) is 1.74. The lowest BCUT2D eigenvalue weighted by atomic mass is 10.1. The van der Waals surface area contributed by atoms with E-state index in [4.69, 9.17) is 4.98 Å². The number of rotatable bonds is 4. The molecule has 0 radical (unpaired) electrons. The average Bonchev–Trinajstić information content (AvgIpc) is 3.12. The molecular formula is C22H19N3OS. The van der Waals surface area contributed by atoms with Gasteiger partial charge in [-0.3, -0.25) is 14.7 Å². The van der Waals surface area contributed by atoms with Crippen molar-refractivity contribution in [2.24, 2.45) is 0 Å².